The zero-order chi connectivity index (χ0) is 14.0. The summed E-state index contributed by atoms with van der Waals surface area (Å²) in [4.78, 5) is 12.5. The number of hydrogen-bond acceptors (Lipinski definition) is 3. The molecule has 19 heavy (non-hydrogen) atoms. The van der Waals surface area contributed by atoms with Gasteiger partial charge in [0.1, 0.15) is 10.6 Å². The van der Waals surface area contributed by atoms with Crippen molar-refractivity contribution in [1.82, 2.24) is 0 Å². The third kappa shape index (κ3) is 3.45. The highest BCUT2D eigenvalue weighted by Crippen LogP contribution is 2.32. The van der Waals surface area contributed by atoms with Crippen LogP contribution in [0.4, 0.5) is 0 Å². The summed E-state index contributed by atoms with van der Waals surface area (Å²) in [5.41, 5.74) is 1.26. The van der Waals surface area contributed by atoms with E-state index in [9.17, 15) is 4.79 Å². The number of benzene rings is 1. The van der Waals surface area contributed by atoms with E-state index in [1.165, 1.54) is 16.9 Å². The average Bonchev–Trinajstić information content (AvgIpc) is 2.84. The molecule has 2 rings (SSSR count). The minimum Gasteiger partial charge on any atom is -0.421 e. The molecule has 0 aliphatic heterocycles. The molecule has 0 amide bonds. The summed E-state index contributed by atoms with van der Waals surface area (Å²) in [6, 6.07) is 9.40. The van der Waals surface area contributed by atoms with E-state index < -0.39 is 0 Å². The first kappa shape index (κ1) is 14.3. The second-order valence-electron chi connectivity index (χ2n) is 5.26. The van der Waals surface area contributed by atoms with Crippen molar-refractivity contribution < 1.29 is 9.53 Å². The predicted octanol–water partition coefficient (Wildman–Crippen LogP) is 5.03. The van der Waals surface area contributed by atoms with Crippen LogP contribution in [0.2, 0.25) is 0 Å². The molecule has 0 radical (unpaired) electrons. The number of esters is 1. The lowest BCUT2D eigenvalue weighted by atomic mass is 9.87. The molecule has 4 heteroatoms. The van der Waals surface area contributed by atoms with Gasteiger partial charge >= 0.3 is 5.97 Å². The van der Waals surface area contributed by atoms with E-state index in [-0.39, 0.29) is 11.4 Å². The number of carbonyl (C=O) groups is 1. The third-order valence-electron chi connectivity index (χ3n) is 2.72. The number of rotatable bonds is 2. The van der Waals surface area contributed by atoms with Crippen LogP contribution < -0.4 is 4.74 Å². The lowest BCUT2D eigenvalue weighted by molar-refractivity contribution is 0.0738. The molecule has 0 fully saturated rings. The number of ether oxygens (including phenoxy) is 1. The largest absolute Gasteiger partial charge is 0.421 e. The van der Waals surface area contributed by atoms with Gasteiger partial charge in [-0.1, -0.05) is 32.9 Å². The van der Waals surface area contributed by atoms with Crippen LogP contribution in [-0.2, 0) is 5.41 Å². The first-order valence-corrected chi connectivity index (χ1v) is 7.61. The highest BCUT2D eigenvalue weighted by Gasteiger charge is 2.17. The van der Waals surface area contributed by atoms with Gasteiger partial charge in [-0.25, -0.2) is 4.79 Å². The molecule has 1 heterocycles. The summed E-state index contributed by atoms with van der Waals surface area (Å²) >= 11 is 4.83. The molecule has 1 aromatic heterocycles. The first-order valence-electron chi connectivity index (χ1n) is 5.93. The molecule has 0 unspecified atom stereocenters. The van der Waals surface area contributed by atoms with Crippen molar-refractivity contribution in [2.45, 2.75) is 26.2 Å². The topological polar surface area (TPSA) is 26.3 Å². The van der Waals surface area contributed by atoms with Gasteiger partial charge in [0, 0.05) is 0 Å². The molecule has 0 aliphatic carbocycles. The van der Waals surface area contributed by atoms with Crippen LogP contribution in [0.15, 0.2) is 40.2 Å². The van der Waals surface area contributed by atoms with Gasteiger partial charge in [-0.3, -0.25) is 0 Å². The average molecular weight is 339 g/mol. The van der Waals surface area contributed by atoms with Gasteiger partial charge < -0.3 is 4.74 Å². The molecule has 2 aromatic rings. The fraction of sp³-hybridized carbons (Fsp3) is 0.267. The SMILES string of the molecule is CC(C)(C)c1ccc(OC(=O)c2cccs2)c(Br)c1. The van der Waals surface area contributed by atoms with Gasteiger partial charge in [0.15, 0.2) is 0 Å². The number of halogens is 1. The summed E-state index contributed by atoms with van der Waals surface area (Å²) in [5, 5.41) is 1.86. The number of hydrogen-bond donors (Lipinski definition) is 0. The van der Waals surface area contributed by atoms with Crippen molar-refractivity contribution in [2.24, 2.45) is 0 Å². The minimum absolute atomic E-state index is 0.0683. The maximum Gasteiger partial charge on any atom is 0.353 e. The van der Waals surface area contributed by atoms with E-state index in [2.05, 4.69) is 36.7 Å². The zero-order valence-electron chi connectivity index (χ0n) is 11.1. The minimum atomic E-state index is -0.320. The predicted molar refractivity (Wildman–Crippen MR) is 82.1 cm³/mol. The van der Waals surface area contributed by atoms with Crippen LogP contribution in [0.25, 0.3) is 0 Å². The van der Waals surface area contributed by atoms with Crippen molar-refractivity contribution in [3.8, 4) is 5.75 Å². The van der Waals surface area contributed by atoms with Crippen molar-refractivity contribution in [1.29, 1.82) is 0 Å². The summed E-state index contributed by atoms with van der Waals surface area (Å²) in [7, 11) is 0. The quantitative estimate of drug-likeness (QED) is 0.567. The van der Waals surface area contributed by atoms with E-state index in [0.717, 1.165) is 4.47 Å². The van der Waals surface area contributed by atoms with E-state index in [1.807, 2.05) is 29.6 Å². The standard InChI is InChI=1S/C15H15BrO2S/c1-15(2,3)10-6-7-12(11(16)9-10)18-14(17)13-5-4-8-19-13/h4-9H,1-3H3. The van der Waals surface area contributed by atoms with Crippen molar-refractivity contribution in [2.75, 3.05) is 0 Å². The second-order valence-corrected chi connectivity index (χ2v) is 7.06. The normalized spacial score (nSPS) is 11.4. The monoisotopic (exact) mass is 338 g/mol. The molecule has 1 aromatic carbocycles. The summed E-state index contributed by atoms with van der Waals surface area (Å²) in [6.45, 7) is 6.43. The highest BCUT2D eigenvalue weighted by molar-refractivity contribution is 9.10. The van der Waals surface area contributed by atoms with E-state index in [1.54, 1.807) is 6.07 Å². The van der Waals surface area contributed by atoms with Gasteiger partial charge in [-0.15, -0.1) is 11.3 Å². The molecular formula is C15H15BrO2S. The van der Waals surface area contributed by atoms with Crippen molar-refractivity contribution in [3.63, 3.8) is 0 Å². The highest BCUT2D eigenvalue weighted by atomic mass is 79.9. The van der Waals surface area contributed by atoms with Crippen LogP contribution in [0, 0.1) is 0 Å². The Hall–Kier alpha value is -1.13. The molecule has 100 valence electrons. The summed E-state index contributed by atoms with van der Waals surface area (Å²) in [5.74, 6) is 0.227. The second kappa shape index (κ2) is 5.47. The smallest absolute Gasteiger partial charge is 0.353 e. The van der Waals surface area contributed by atoms with Crippen LogP contribution >= 0.6 is 27.3 Å². The van der Waals surface area contributed by atoms with E-state index >= 15 is 0 Å². The van der Waals surface area contributed by atoms with Gasteiger partial charge in [-0.05, 0) is 50.5 Å². The Morgan fingerprint density at radius 1 is 1.26 bits per heavy atom. The van der Waals surface area contributed by atoms with Crippen molar-refractivity contribution >= 4 is 33.2 Å². The molecule has 0 bridgehead atoms. The molecule has 0 saturated carbocycles. The van der Waals surface area contributed by atoms with Gasteiger partial charge in [0.2, 0.25) is 0 Å². The van der Waals surface area contributed by atoms with Gasteiger partial charge in [0.25, 0.3) is 0 Å². The van der Waals surface area contributed by atoms with E-state index in [0.29, 0.717) is 10.6 Å². The third-order valence-corrected chi connectivity index (χ3v) is 4.19. The summed E-state index contributed by atoms with van der Waals surface area (Å²) in [6.07, 6.45) is 0. The zero-order valence-corrected chi connectivity index (χ0v) is 13.5. The maximum atomic E-state index is 11.9. The Kier molecular flexibility index (Phi) is 4.11. The number of thiophene rings is 1. The molecule has 0 N–H and O–H groups in total. The van der Waals surface area contributed by atoms with Gasteiger partial charge in [-0.2, -0.15) is 0 Å². The Bertz CT molecular complexity index is 583. The van der Waals surface area contributed by atoms with Gasteiger partial charge in [0.05, 0.1) is 4.47 Å². The van der Waals surface area contributed by atoms with Crippen LogP contribution in [0.5, 0.6) is 5.75 Å². The molecule has 0 aliphatic rings. The Balaban J connectivity index is 2.21. The fourth-order valence-electron chi connectivity index (χ4n) is 1.59. The van der Waals surface area contributed by atoms with Crippen LogP contribution in [-0.4, -0.2) is 5.97 Å². The molecule has 0 spiro atoms. The molecule has 0 saturated heterocycles. The van der Waals surface area contributed by atoms with Crippen molar-refractivity contribution in [3.05, 3.63) is 50.6 Å². The first-order chi connectivity index (χ1) is 8.88. The van der Waals surface area contributed by atoms with Crippen LogP contribution in [0.3, 0.4) is 0 Å². The van der Waals surface area contributed by atoms with E-state index in [4.69, 9.17) is 4.74 Å². The Morgan fingerprint density at radius 2 is 2.00 bits per heavy atom. The Morgan fingerprint density at radius 3 is 2.53 bits per heavy atom. The fourth-order valence-corrected chi connectivity index (χ4v) is 2.65. The molecule has 0 atom stereocenters. The Labute approximate surface area is 125 Å². The summed E-state index contributed by atoms with van der Waals surface area (Å²) < 4.78 is 6.18. The maximum absolute atomic E-state index is 11.9. The lowest BCUT2D eigenvalue weighted by Gasteiger charge is -2.19. The molecular weight excluding hydrogens is 324 g/mol. The van der Waals surface area contributed by atoms with Crippen LogP contribution in [0.1, 0.15) is 36.0 Å². The lowest BCUT2D eigenvalue weighted by Crippen LogP contribution is -2.12. The molecule has 2 nitrogen and oxygen atoms in total. The number of carbonyl (C=O) groups excluding carboxylic acids is 1.